The molecule has 2 heterocycles. The Balaban J connectivity index is 1.40. The van der Waals surface area contributed by atoms with Gasteiger partial charge < -0.3 is 14.4 Å². The Morgan fingerprint density at radius 3 is 1.79 bits per heavy atom. The first-order chi connectivity index (χ1) is 31.4. The van der Waals surface area contributed by atoms with Gasteiger partial charge in [-0.3, -0.25) is 4.98 Å². The molecule has 0 N–H and O–H groups in total. The zero-order valence-electron chi connectivity index (χ0n) is 38.3. The zero-order valence-corrected chi connectivity index (χ0v) is 40.3. The first-order valence-corrected chi connectivity index (χ1v) is 29.3. The molecule has 0 atom stereocenters. The Labute approximate surface area is 385 Å². The summed E-state index contributed by atoms with van der Waals surface area (Å²) in [4.78, 5) is 8.39. The maximum Gasteiger partial charge on any atom is 0.150 e. The Kier molecular flexibility index (Phi) is 10.3. The molecule has 0 bridgehead atoms. The van der Waals surface area contributed by atoms with Gasteiger partial charge >= 0.3 is 0 Å². The van der Waals surface area contributed by atoms with E-state index in [1.54, 1.807) is 0 Å². The maximum atomic E-state index is 16.5. The summed E-state index contributed by atoms with van der Waals surface area (Å²) in [5.74, 6) is -2.73. The van der Waals surface area contributed by atoms with E-state index in [4.69, 9.17) is 0 Å². The number of fused-ring (bicyclic) bond motifs is 7. The van der Waals surface area contributed by atoms with Crippen molar-refractivity contribution in [3.05, 3.63) is 192 Å². The van der Waals surface area contributed by atoms with Gasteiger partial charge in [0.05, 0.1) is 44.2 Å². The number of para-hydroxylation sites is 1. The lowest BCUT2D eigenvalue weighted by atomic mass is 9.82. The van der Waals surface area contributed by atoms with Gasteiger partial charge in [0.1, 0.15) is 23.3 Å². The van der Waals surface area contributed by atoms with Crippen LogP contribution in [0.3, 0.4) is 0 Å². The van der Waals surface area contributed by atoms with E-state index in [-0.39, 0.29) is 11.4 Å². The van der Waals surface area contributed by atoms with Crippen LogP contribution in [0.5, 0.6) is 0 Å². The van der Waals surface area contributed by atoms with E-state index in [0.29, 0.717) is 17.1 Å². The summed E-state index contributed by atoms with van der Waals surface area (Å²) in [5.41, 5.74) is 9.51. The second-order valence-electron chi connectivity index (χ2n) is 19.9. The molecule has 1 aliphatic rings. The normalized spacial score (nSPS) is 13.3. The lowest BCUT2D eigenvalue weighted by Gasteiger charge is -2.29. The topological polar surface area (TPSA) is 24.3 Å². The molecule has 0 unspecified atom stereocenters. The van der Waals surface area contributed by atoms with Gasteiger partial charge in [-0.05, 0) is 102 Å². The molecule has 0 aliphatic heterocycles. The lowest BCUT2D eigenvalue weighted by molar-refractivity contribution is 0.583. The fourth-order valence-electron chi connectivity index (χ4n) is 9.75. The van der Waals surface area contributed by atoms with E-state index in [9.17, 15) is 8.78 Å². The number of hydrogen-bond acceptors (Lipinski definition) is 3. The van der Waals surface area contributed by atoms with Crippen LogP contribution < -0.4 is 20.2 Å². The smallest absolute Gasteiger partial charge is 0.150 e. The van der Waals surface area contributed by atoms with Crippen molar-refractivity contribution in [2.24, 2.45) is 0 Å². The quantitative estimate of drug-likeness (QED) is 0.107. The SMILES string of the molecule is CC1(C)c2cnccc2-c2c1cc(N(c1ccccc1)c1ccc(F)cc1F)c1c3ccc(N(c4cccc([Si](C)(C)C)c4)c4ccc(F)cc4F)cc3n(-c3cccc([Si](C)(C)C)c3)c21. The fraction of sp³-hybridized carbons (Fsp3) is 0.161. The predicted octanol–water partition coefficient (Wildman–Crippen LogP) is 15.1. The summed E-state index contributed by atoms with van der Waals surface area (Å²) in [6.07, 6.45) is 3.77. The van der Waals surface area contributed by atoms with Crippen LogP contribution in [0, 0.1) is 23.3 Å². The number of pyridine rings is 1. The molecule has 2 aromatic heterocycles. The van der Waals surface area contributed by atoms with E-state index in [2.05, 4.69) is 123 Å². The molecule has 0 fully saturated rings. The zero-order chi connectivity index (χ0) is 46.4. The number of rotatable bonds is 9. The second kappa shape index (κ2) is 15.7. The number of anilines is 6. The van der Waals surface area contributed by atoms with Gasteiger partial charge in [-0.25, -0.2) is 17.6 Å². The van der Waals surface area contributed by atoms with E-state index in [1.165, 1.54) is 34.6 Å². The molecule has 0 radical (unpaired) electrons. The largest absolute Gasteiger partial charge is 0.308 e. The van der Waals surface area contributed by atoms with Crippen LogP contribution in [-0.2, 0) is 5.41 Å². The van der Waals surface area contributed by atoms with Crippen LogP contribution in [-0.4, -0.2) is 25.7 Å². The summed E-state index contributed by atoms with van der Waals surface area (Å²) in [7, 11) is -3.71. The Morgan fingerprint density at radius 1 is 0.530 bits per heavy atom. The Bertz CT molecular complexity index is 3390. The van der Waals surface area contributed by atoms with Crippen molar-refractivity contribution in [2.45, 2.75) is 58.5 Å². The third-order valence-corrected chi connectivity index (χ3v) is 17.3. The highest BCUT2D eigenvalue weighted by Gasteiger charge is 2.40. The van der Waals surface area contributed by atoms with Crippen LogP contribution >= 0.6 is 0 Å². The molecular weight excluding hydrogens is 861 g/mol. The highest BCUT2D eigenvalue weighted by atomic mass is 28.3. The average Bonchev–Trinajstić information content (AvgIpc) is 3.73. The highest BCUT2D eigenvalue weighted by Crippen LogP contribution is 2.57. The summed E-state index contributed by atoms with van der Waals surface area (Å²) in [5, 5.41) is 4.17. The predicted molar refractivity (Wildman–Crippen MR) is 271 cm³/mol. The van der Waals surface area contributed by atoms with Crippen molar-refractivity contribution in [1.82, 2.24) is 9.55 Å². The minimum absolute atomic E-state index is 0.192. The van der Waals surface area contributed by atoms with Gasteiger partial charge in [0.25, 0.3) is 0 Å². The molecule has 10 heteroatoms. The minimum Gasteiger partial charge on any atom is -0.308 e. The first-order valence-electron chi connectivity index (χ1n) is 22.3. The molecule has 10 rings (SSSR count). The molecule has 9 aromatic rings. The number of aromatic nitrogens is 2. The van der Waals surface area contributed by atoms with Gasteiger partial charge in [0.15, 0.2) is 0 Å². The maximum absolute atomic E-state index is 16.5. The molecule has 4 nitrogen and oxygen atoms in total. The van der Waals surface area contributed by atoms with E-state index in [0.717, 1.165) is 67.6 Å². The van der Waals surface area contributed by atoms with Crippen molar-refractivity contribution >= 4 is 82.5 Å². The molecule has 1 aliphatic carbocycles. The van der Waals surface area contributed by atoms with Crippen LogP contribution in [0.2, 0.25) is 39.3 Å². The van der Waals surface area contributed by atoms with Crippen LogP contribution in [0.4, 0.5) is 51.7 Å². The van der Waals surface area contributed by atoms with E-state index < -0.39 is 44.8 Å². The van der Waals surface area contributed by atoms with Crippen molar-refractivity contribution < 1.29 is 17.6 Å². The molecule has 0 spiro atoms. The number of halogens is 4. The molecular formula is C56H50F4N4Si2. The Morgan fingerprint density at radius 2 is 1.14 bits per heavy atom. The van der Waals surface area contributed by atoms with E-state index in [1.807, 2.05) is 70.7 Å². The summed E-state index contributed by atoms with van der Waals surface area (Å²) in [6.45, 7) is 18.2. The first kappa shape index (κ1) is 43.2. The standard InChI is InChI=1S/C56H50F4N4Si2/c1-56(2)45-33-52(63(37-14-10-9-11-15-37)50-25-21-36(58)29-48(50)60)54-44-23-22-40(62(49-24-20-35(57)28-47(49)59)38-16-12-18-41(30-38)65(3,4)5)32-51(44)64(39-17-13-19-42(31-39)66(6,7)8)55(54)53(45)43-26-27-61-34-46(43)56/h9-34H,1-8H3. The number of benzene rings is 7. The third kappa shape index (κ3) is 7.14. The number of nitrogens with zero attached hydrogens (tertiary/aromatic N) is 4. The number of hydrogen-bond donors (Lipinski definition) is 0. The van der Waals surface area contributed by atoms with Gasteiger partial charge in [0, 0.05) is 69.0 Å². The third-order valence-electron chi connectivity index (χ3n) is 13.2. The Hall–Kier alpha value is -6.76. The summed E-state index contributed by atoms with van der Waals surface area (Å²) < 4.78 is 64.6. The van der Waals surface area contributed by atoms with Crippen LogP contribution in [0.1, 0.15) is 25.0 Å². The van der Waals surface area contributed by atoms with Gasteiger partial charge in [0.2, 0.25) is 0 Å². The van der Waals surface area contributed by atoms with Crippen LogP contribution in [0.25, 0.3) is 38.6 Å². The van der Waals surface area contributed by atoms with Crippen molar-refractivity contribution in [2.75, 3.05) is 9.80 Å². The lowest BCUT2D eigenvalue weighted by Crippen LogP contribution is -2.37. The highest BCUT2D eigenvalue weighted by molar-refractivity contribution is 6.89. The van der Waals surface area contributed by atoms with Crippen molar-refractivity contribution in [3.8, 4) is 16.8 Å². The summed E-state index contributed by atoms with van der Waals surface area (Å²) in [6, 6.07) is 44.4. The second-order valence-corrected chi connectivity index (χ2v) is 30.1. The molecule has 0 saturated heterocycles. The average molecular weight is 911 g/mol. The van der Waals surface area contributed by atoms with Gasteiger partial charge in [-0.15, -0.1) is 0 Å². The van der Waals surface area contributed by atoms with Crippen LogP contribution in [0.15, 0.2) is 158 Å². The molecule has 7 aromatic carbocycles. The molecule has 0 saturated carbocycles. The monoisotopic (exact) mass is 910 g/mol. The van der Waals surface area contributed by atoms with E-state index >= 15 is 8.78 Å². The van der Waals surface area contributed by atoms with Crippen molar-refractivity contribution in [3.63, 3.8) is 0 Å². The summed E-state index contributed by atoms with van der Waals surface area (Å²) >= 11 is 0. The fourth-order valence-corrected chi connectivity index (χ4v) is 12.1. The minimum atomic E-state index is -1.87. The van der Waals surface area contributed by atoms with Gasteiger partial charge in [-0.2, -0.15) is 0 Å². The molecule has 66 heavy (non-hydrogen) atoms. The van der Waals surface area contributed by atoms with Crippen molar-refractivity contribution in [1.29, 1.82) is 0 Å². The molecule has 0 amide bonds. The molecule has 330 valence electrons. The van der Waals surface area contributed by atoms with Gasteiger partial charge in [-0.1, -0.05) is 112 Å².